The Balaban J connectivity index is 0.00000353. The van der Waals surface area contributed by atoms with Crippen molar-refractivity contribution < 1.29 is 4.79 Å². The largest absolute Gasteiger partial charge is 0.370 e. The van der Waals surface area contributed by atoms with Crippen molar-refractivity contribution in [2.24, 2.45) is 5.92 Å². The lowest BCUT2D eigenvalue weighted by atomic mass is 9.86. The Morgan fingerprint density at radius 3 is 2.31 bits per heavy atom. The molecule has 2 heterocycles. The third-order valence-corrected chi connectivity index (χ3v) is 8.40. The average molecular weight is 523 g/mol. The summed E-state index contributed by atoms with van der Waals surface area (Å²) in [7, 11) is 0. The van der Waals surface area contributed by atoms with E-state index in [9.17, 15) is 10.1 Å². The van der Waals surface area contributed by atoms with Gasteiger partial charge in [0.15, 0.2) is 0 Å². The first-order valence-corrected chi connectivity index (χ1v) is 13.9. The number of nitrogens with zero attached hydrogens (tertiary/aromatic N) is 4. The van der Waals surface area contributed by atoms with Crippen LogP contribution in [0.15, 0.2) is 66.7 Å². The lowest BCUT2D eigenvalue weighted by Gasteiger charge is -2.41. The Morgan fingerprint density at radius 1 is 0.923 bits per heavy atom. The number of rotatable bonds is 5. The van der Waals surface area contributed by atoms with Crippen molar-refractivity contribution in [1.82, 2.24) is 4.90 Å². The average Bonchev–Trinajstić information content (AvgIpc) is 2.95. The van der Waals surface area contributed by atoms with Crippen molar-refractivity contribution in [3.8, 4) is 6.07 Å². The van der Waals surface area contributed by atoms with E-state index in [1.165, 1.54) is 16.8 Å². The van der Waals surface area contributed by atoms with E-state index in [2.05, 4.69) is 79.1 Å². The Hall–Kier alpha value is -3.78. The van der Waals surface area contributed by atoms with Gasteiger partial charge in [0.05, 0.1) is 11.3 Å². The molecule has 2 aliphatic rings. The van der Waals surface area contributed by atoms with Gasteiger partial charge in [-0.3, -0.25) is 4.79 Å². The maximum Gasteiger partial charge on any atom is 0.254 e. The van der Waals surface area contributed by atoms with E-state index in [-0.39, 0.29) is 19.4 Å². The van der Waals surface area contributed by atoms with E-state index >= 15 is 0 Å². The third kappa shape index (κ3) is 6.11. The fourth-order valence-corrected chi connectivity index (χ4v) is 6.20. The molecule has 0 saturated carbocycles. The van der Waals surface area contributed by atoms with Crippen LogP contribution in [-0.2, 0) is 6.42 Å². The summed E-state index contributed by atoms with van der Waals surface area (Å²) in [5.74, 6) is 0.741. The Kier molecular flexibility index (Phi) is 8.97. The quantitative estimate of drug-likeness (QED) is 0.378. The first kappa shape index (κ1) is 28.2. The monoisotopic (exact) mass is 522 g/mol. The van der Waals surface area contributed by atoms with Crippen molar-refractivity contribution in [2.45, 2.75) is 53.5 Å². The molecule has 5 rings (SSSR count). The molecule has 0 bridgehead atoms. The fraction of sp³-hybridized carbons (Fsp3) is 0.412. The fourth-order valence-electron chi connectivity index (χ4n) is 6.20. The highest BCUT2D eigenvalue weighted by molar-refractivity contribution is 5.96. The zero-order valence-electron chi connectivity index (χ0n) is 22.9. The standard InChI is InChI=1S/C33H38N4O.CH4/c1-24-19-25(2)31(33(38)36-17-18-37(26(3)23-36)30-10-5-4-6-11-30)21-29(24)20-27-13-15-35(16-14-27)32-12-8-7-9-28(32)22-34;/h4-12,19,21,26-27H,13-18,20,23H2,1-3H3;1H4/t26-;/m1./s1. The molecule has 0 unspecified atom stereocenters. The van der Waals surface area contributed by atoms with Crippen molar-refractivity contribution in [1.29, 1.82) is 5.26 Å². The van der Waals surface area contributed by atoms with Crippen LogP contribution >= 0.6 is 0 Å². The minimum Gasteiger partial charge on any atom is -0.370 e. The molecule has 0 N–H and O–H groups in total. The smallest absolute Gasteiger partial charge is 0.254 e. The first-order chi connectivity index (χ1) is 18.4. The molecule has 204 valence electrons. The van der Waals surface area contributed by atoms with Crippen molar-refractivity contribution in [3.63, 3.8) is 0 Å². The van der Waals surface area contributed by atoms with Crippen LogP contribution in [0.2, 0.25) is 0 Å². The highest BCUT2D eigenvalue weighted by atomic mass is 16.2. The predicted octanol–water partition coefficient (Wildman–Crippen LogP) is 6.62. The summed E-state index contributed by atoms with van der Waals surface area (Å²) in [6.45, 7) is 10.7. The summed E-state index contributed by atoms with van der Waals surface area (Å²) in [4.78, 5) is 20.5. The van der Waals surface area contributed by atoms with E-state index in [0.717, 1.165) is 74.4 Å². The van der Waals surface area contributed by atoms with E-state index in [0.29, 0.717) is 5.92 Å². The van der Waals surface area contributed by atoms with Gasteiger partial charge in [0, 0.05) is 50.0 Å². The van der Waals surface area contributed by atoms with Gasteiger partial charge in [-0.15, -0.1) is 0 Å². The minimum atomic E-state index is 0. The molecule has 3 aromatic rings. The Bertz CT molecular complexity index is 1320. The summed E-state index contributed by atoms with van der Waals surface area (Å²) in [6.07, 6.45) is 3.18. The number of aryl methyl sites for hydroxylation is 2. The number of hydrogen-bond donors (Lipinski definition) is 0. The van der Waals surface area contributed by atoms with Gasteiger partial charge >= 0.3 is 0 Å². The van der Waals surface area contributed by atoms with Crippen molar-refractivity contribution >= 4 is 17.3 Å². The van der Waals surface area contributed by atoms with Gasteiger partial charge in [0.1, 0.15) is 6.07 Å². The van der Waals surface area contributed by atoms with Crippen LogP contribution < -0.4 is 9.80 Å². The Labute approximate surface area is 234 Å². The van der Waals surface area contributed by atoms with E-state index in [1.54, 1.807) is 0 Å². The van der Waals surface area contributed by atoms with Crippen LogP contribution in [0.1, 0.15) is 59.8 Å². The van der Waals surface area contributed by atoms with Crippen LogP contribution in [0.3, 0.4) is 0 Å². The molecular formula is C34H42N4O. The van der Waals surface area contributed by atoms with Gasteiger partial charge < -0.3 is 14.7 Å². The number of piperazine rings is 1. The molecule has 0 aromatic heterocycles. The molecule has 2 saturated heterocycles. The number of benzene rings is 3. The van der Waals surface area contributed by atoms with E-state index in [1.807, 2.05) is 29.2 Å². The molecule has 0 spiro atoms. The van der Waals surface area contributed by atoms with Crippen molar-refractivity contribution in [2.75, 3.05) is 42.5 Å². The van der Waals surface area contributed by atoms with Gasteiger partial charge in [0.25, 0.3) is 5.91 Å². The number of piperidine rings is 1. The molecule has 5 heteroatoms. The minimum absolute atomic E-state index is 0. The molecule has 5 nitrogen and oxygen atoms in total. The summed E-state index contributed by atoms with van der Waals surface area (Å²) in [5.41, 5.74) is 7.52. The van der Waals surface area contributed by atoms with Crippen LogP contribution in [-0.4, -0.2) is 49.6 Å². The summed E-state index contributed by atoms with van der Waals surface area (Å²) < 4.78 is 0. The molecule has 2 fully saturated rings. The third-order valence-electron chi connectivity index (χ3n) is 8.40. The van der Waals surface area contributed by atoms with Gasteiger partial charge in [-0.1, -0.05) is 43.8 Å². The molecular weight excluding hydrogens is 480 g/mol. The first-order valence-electron chi connectivity index (χ1n) is 13.9. The highest BCUT2D eigenvalue weighted by Gasteiger charge is 2.29. The number of para-hydroxylation sites is 2. The highest BCUT2D eigenvalue weighted by Crippen LogP contribution is 2.30. The summed E-state index contributed by atoms with van der Waals surface area (Å²) in [5, 5.41) is 9.48. The molecule has 2 aliphatic heterocycles. The number of carbonyl (C=O) groups is 1. The SMILES string of the molecule is C.Cc1cc(C)c(C(=O)N2CCN(c3ccccc3)[C@H](C)C2)cc1CC1CCN(c2ccccc2C#N)CC1. The second kappa shape index (κ2) is 12.4. The lowest BCUT2D eigenvalue weighted by Crippen LogP contribution is -2.53. The predicted molar refractivity (Wildman–Crippen MR) is 162 cm³/mol. The summed E-state index contributed by atoms with van der Waals surface area (Å²) >= 11 is 0. The zero-order chi connectivity index (χ0) is 26.6. The number of hydrogen-bond acceptors (Lipinski definition) is 4. The van der Waals surface area contributed by atoms with Gasteiger partial charge in [-0.25, -0.2) is 0 Å². The maximum atomic E-state index is 13.7. The van der Waals surface area contributed by atoms with E-state index in [4.69, 9.17) is 0 Å². The van der Waals surface area contributed by atoms with Crippen molar-refractivity contribution in [3.05, 3.63) is 94.5 Å². The normalized spacial score (nSPS) is 17.9. The van der Waals surface area contributed by atoms with Gasteiger partial charge in [-0.05, 0) is 93.0 Å². The van der Waals surface area contributed by atoms with Crippen LogP contribution in [0.4, 0.5) is 11.4 Å². The van der Waals surface area contributed by atoms with Crippen LogP contribution in [0.5, 0.6) is 0 Å². The molecule has 0 radical (unpaired) electrons. The van der Waals surface area contributed by atoms with Gasteiger partial charge in [-0.2, -0.15) is 5.26 Å². The number of anilines is 2. The Morgan fingerprint density at radius 2 is 1.62 bits per heavy atom. The molecule has 0 aliphatic carbocycles. The second-order valence-corrected chi connectivity index (χ2v) is 11.0. The second-order valence-electron chi connectivity index (χ2n) is 11.0. The van der Waals surface area contributed by atoms with Crippen LogP contribution in [0, 0.1) is 31.1 Å². The number of amides is 1. The molecule has 3 aromatic carbocycles. The van der Waals surface area contributed by atoms with E-state index < -0.39 is 0 Å². The number of nitriles is 1. The van der Waals surface area contributed by atoms with Crippen LogP contribution in [0.25, 0.3) is 0 Å². The lowest BCUT2D eigenvalue weighted by molar-refractivity contribution is 0.0725. The molecule has 1 amide bonds. The van der Waals surface area contributed by atoms with Gasteiger partial charge in [0.2, 0.25) is 0 Å². The molecule has 1 atom stereocenters. The summed E-state index contributed by atoms with van der Waals surface area (Å²) in [6, 6.07) is 25.4. The topological polar surface area (TPSA) is 50.6 Å². The number of carbonyl (C=O) groups excluding carboxylic acids is 1. The zero-order valence-corrected chi connectivity index (χ0v) is 22.9. The molecule has 39 heavy (non-hydrogen) atoms. The maximum absolute atomic E-state index is 13.7.